The van der Waals surface area contributed by atoms with Gasteiger partial charge in [-0.15, -0.1) is 0 Å². The van der Waals surface area contributed by atoms with Gasteiger partial charge in [0, 0.05) is 42.0 Å². The molecule has 0 amide bonds. The van der Waals surface area contributed by atoms with E-state index in [0.717, 1.165) is 0 Å². The standard InChI is InChI=1S/C28H31NO10/c1-11-23(31)15(29)8-18(38-11)39-17-10-28(35,12(2)30)9-14-20(17)26(34)21-22(27(14)37-4)24(32)13-6-5-7-16(36-3)19(13)25(21)33/h5-7,11,15,17-18,23,31,34-35H,8-10,29H2,1-4H3. The number of carbonyl (C=O) groups excluding carboxylic acids is 3. The van der Waals surface area contributed by atoms with Crippen molar-refractivity contribution in [3.05, 3.63) is 51.6 Å². The number of aliphatic hydroxyl groups excluding tert-OH is 1. The second kappa shape index (κ2) is 9.68. The number of methoxy groups -OCH3 is 2. The van der Waals surface area contributed by atoms with E-state index in [-0.39, 0.29) is 64.1 Å². The van der Waals surface area contributed by atoms with Crippen molar-refractivity contribution in [1.29, 1.82) is 0 Å². The lowest BCUT2D eigenvalue weighted by atomic mass is 9.72. The van der Waals surface area contributed by atoms with Gasteiger partial charge in [0.25, 0.3) is 0 Å². The van der Waals surface area contributed by atoms with Crippen LogP contribution in [0.25, 0.3) is 0 Å². The highest BCUT2D eigenvalue weighted by Gasteiger charge is 2.49. The van der Waals surface area contributed by atoms with E-state index in [1.165, 1.54) is 27.2 Å². The fourth-order valence-corrected chi connectivity index (χ4v) is 5.87. The van der Waals surface area contributed by atoms with Crippen molar-refractivity contribution in [2.45, 2.75) is 69.4 Å². The number of Topliss-reactive ketones (excluding diaryl/α,β-unsaturated/α-hetero) is 1. The number of aliphatic hydroxyl groups is 2. The molecule has 0 saturated carbocycles. The number of hydrogen-bond acceptors (Lipinski definition) is 11. The second-order valence-electron chi connectivity index (χ2n) is 10.3. The number of phenolic OH excluding ortho intramolecular Hbond substituents is 1. The van der Waals surface area contributed by atoms with Gasteiger partial charge in [0.1, 0.15) is 22.8 Å². The van der Waals surface area contributed by atoms with Crippen LogP contribution in [0.5, 0.6) is 17.2 Å². The molecule has 5 N–H and O–H groups in total. The van der Waals surface area contributed by atoms with Gasteiger partial charge >= 0.3 is 0 Å². The maximum atomic E-state index is 13.8. The Hall–Kier alpha value is -3.35. The first-order valence-corrected chi connectivity index (χ1v) is 12.6. The summed E-state index contributed by atoms with van der Waals surface area (Å²) in [5, 5.41) is 33.1. The number of benzene rings is 2. The molecule has 1 heterocycles. The van der Waals surface area contributed by atoms with E-state index in [4.69, 9.17) is 24.7 Å². The number of phenols is 1. The molecule has 208 valence electrons. The summed E-state index contributed by atoms with van der Waals surface area (Å²) in [6, 6.07) is 3.93. The molecule has 2 aromatic carbocycles. The van der Waals surface area contributed by atoms with E-state index in [9.17, 15) is 29.7 Å². The fourth-order valence-electron chi connectivity index (χ4n) is 5.87. The summed E-state index contributed by atoms with van der Waals surface area (Å²) in [7, 11) is 2.67. The molecular weight excluding hydrogens is 510 g/mol. The smallest absolute Gasteiger partial charge is 0.202 e. The Kier molecular flexibility index (Phi) is 6.76. The normalized spacial score (nSPS) is 29.8. The Morgan fingerprint density at radius 2 is 1.85 bits per heavy atom. The molecule has 0 spiro atoms. The van der Waals surface area contributed by atoms with Crippen molar-refractivity contribution in [2.24, 2.45) is 5.73 Å². The van der Waals surface area contributed by atoms with Gasteiger partial charge in [0.05, 0.1) is 49.2 Å². The van der Waals surface area contributed by atoms with Gasteiger partial charge < -0.3 is 40.0 Å². The average Bonchev–Trinajstić information content (AvgIpc) is 2.89. The Morgan fingerprint density at radius 3 is 2.46 bits per heavy atom. The summed E-state index contributed by atoms with van der Waals surface area (Å²) in [5.41, 5.74) is 4.05. The zero-order chi connectivity index (χ0) is 28.4. The number of rotatable bonds is 5. The van der Waals surface area contributed by atoms with Crippen LogP contribution in [-0.2, 0) is 20.7 Å². The molecule has 39 heavy (non-hydrogen) atoms. The van der Waals surface area contributed by atoms with Crippen molar-refractivity contribution in [3.8, 4) is 17.2 Å². The van der Waals surface area contributed by atoms with Crippen molar-refractivity contribution in [1.82, 2.24) is 0 Å². The Labute approximate surface area is 224 Å². The number of ether oxygens (including phenoxy) is 4. The first-order chi connectivity index (χ1) is 18.4. The number of carbonyl (C=O) groups is 3. The van der Waals surface area contributed by atoms with Gasteiger partial charge in [-0.3, -0.25) is 14.4 Å². The van der Waals surface area contributed by atoms with Crippen LogP contribution < -0.4 is 15.2 Å². The third kappa shape index (κ3) is 4.12. The summed E-state index contributed by atoms with van der Waals surface area (Å²) in [5.74, 6) is -2.16. The zero-order valence-electron chi connectivity index (χ0n) is 22.0. The molecule has 1 saturated heterocycles. The van der Waals surface area contributed by atoms with Crippen LogP contribution in [0.4, 0.5) is 0 Å². The van der Waals surface area contributed by atoms with E-state index >= 15 is 0 Å². The Bertz CT molecular complexity index is 1380. The summed E-state index contributed by atoms with van der Waals surface area (Å²) >= 11 is 0. The minimum atomic E-state index is -1.92. The zero-order valence-corrected chi connectivity index (χ0v) is 22.0. The fraction of sp³-hybridized carbons (Fsp3) is 0.464. The van der Waals surface area contributed by atoms with Gasteiger partial charge in [-0.25, -0.2) is 0 Å². The van der Waals surface area contributed by atoms with E-state index in [2.05, 4.69) is 0 Å². The molecule has 5 rings (SSSR count). The maximum absolute atomic E-state index is 13.8. The number of fused-ring (bicyclic) bond motifs is 3. The highest BCUT2D eigenvalue weighted by atomic mass is 16.7. The molecule has 2 aromatic rings. The maximum Gasteiger partial charge on any atom is 0.202 e. The number of aromatic hydroxyl groups is 1. The number of hydrogen-bond donors (Lipinski definition) is 4. The van der Waals surface area contributed by atoms with Crippen LogP contribution in [0.2, 0.25) is 0 Å². The first-order valence-electron chi connectivity index (χ1n) is 12.6. The van der Waals surface area contributed by atoms with Gasteiger partial charge in [0.15, 0.2) is 17.9 Å². The summed E-state index contributed by atoms with van der Waals surface area (Å²) in [4.78, 5) is 40.1. The van der Waals surface area contributed by atoms with E-state index in [0.29, 0.717) is 0 Å². The minimum Gasteiger partial charge on any atom is -0.507 e. The second-order valence-corrected chi connectivity index (χ2v) is 10.3. The van der Waals surface area contributed by atoms with Crippen molar-refractivity contribution < 1.29 is 48.7 Å². The van der Waals surface area contributed by atoms with Crippen LogP contribution in [-0.4, -0.2) is 77.0 Å². The molecule has 0 aromatic heterocycles. The molecule has 0 bridgehead atoms. The van der Waals surface area contributed by atoms with Gasteiger partial charge in [-0.05, 0) is 19.9 Å². The molecule has 6 atom stereocenters. The topological polar surface area (TPSA) is 175 Å². The van der Waals surface area contributed by atoms with Gasteiger partial charge in [-0.2, -0.15) is 0 Å². The lowest BCUT2D eigenvalue weighted by molar-refractivity contribution is -0.247. The van der Waals surface area contributed by atoms with E-state index in [1.54, 1.807) is 19.1 Å². The molecule has 1 fully saturated rings. The molecule has 3 aliphatic rings. The molecule has 11 nitrogen and oxygen atoms in total. The van der Waals surface area contributed by atoms with E-state index in [1.807, 2.05) is 0 Å². The molecular formula is C28H31NO10. The predicted molar refractivity (Wildman–Crippen MR) is 135 cm³/mol. The molecule has 6 unspecified atom stereocenters. The molecule has 11 heteroatoms. The van der Waals surface area contributed by atoms with Crippen molar-refractivity contribution >= 4 is 17.3 Å². The number of ketones is 3. The van der Waals surface area contributed by atoms with Gasteiger partial charge in [0.2, 0.25) is 5.78 Å². The quantitative estimate of drug-likeness (QED) is 0.367. The highest BCUT2D eigenvalue weighted by Crippen LogP contribution is 2.52. The van der Waals surface area contributed by atoms with Crippen LogP contribution >= 0.6 is 0 Å². The molecule has 0 radical (unpaired) electrons. The number of nitrogens with two attached hydrogens (primary N) is 1. The van der Waals surface area contributed by atoms with Crippen LogP contribution in [0.1, 0.15) is 75.8 Å². The lowest BCUT2D eigenvalue weighted by Crippen LogP contribution is -2.52. The Morgan fingerprint density at radius 1 is 1.13 bits per heavy atom. The lowest BCUT2D eigenvalue weighted by Gasteiger charge is -2.42. The molecule has 2 aliphatic carbocycles. The first kappa shape index (κ1) is 27.2. The van der Waals surface area contributed by atoms with Crippen molar-refractivity contribution in [3.63, 3.8) is 0 Å². The van der Waals surface area contributed by atoms with Crippen molar-refractivity contribution in [2.75, 3.05) is 14.2 Å². The minimum absolute atomic E-state index is 0.00715. The van der Waals surface area contributed by atoms with Crippen LogP contribution in [0.3, 0.4) is 0 Å². The average molecular weight is 542 g/mol. The molecule has 1 aliphatic heterocycles. The third-order valence-electron chi connectivity index (χ3n) is 7.98. The summed E-state index contributed by atoms with van der Waals surface area (Å²) in [6.45, 7) is 2.86. The SMILES string of the molecule is COc1cccc2c1C(=O)c1c(O)c3c(c(OC)c1C2=O)CC(O)(C(C)=O)CC3OC1CC(N)C(O)C(C)O1. The third-order valence-corrected chi connectivity index (χ3v) is 7.98. The van der Waals surface area contributed by atoms with Crippen LogP contribution in [0, 0.1) is 0 Å². The largest absolute Gasteiger partial charge is 0.507 e. The Balaban J connectivity index is 1.71. The van der Waals surface area contributed by atoms with E-state index < -0.39 is 59.3 Å². The monoisotopic (exact) mass is 541 g/mol. The summed E-state index contributed by atoms with van der Waals surface area (Å²) < 4.78 is 22.9. The van der Waals surface area contributed by atoms with Crippen LogP contribution in [0.15, 0.2) is 18.2 Å². The predicted octanol–water partition coefficient (Wildman–Crippen LogP) is 1.33. The summed E-state index contributed by atoms with van der Waals surface area (Å²) in [6.07, 6.45) is -4.14. The van der Waals surface area contributed by atoms with Gasteiger partial charge in [-0.1, -0.05) is 12.1 Å². The highest BCUT2D eigenvalue weighted by molar-refractivity contribution is 6.31.